The van der Waals surface area contributed by atoms with Crippen molar-refractivity contribution in [3.63, 3.8) is 0 Å². The zero-order valence-electron chi connectivity index (χ0n) is 16.4. The van der Waals surface area contributed by atoms with Crippen LogP contribution in [0.15, 0.2) is 48.8 Å². The highest BCUT2D eigenvalue weighted by atomic mass is 32.1. The Hall–Kier alpha value is -1.98. The fourth-order valence-corrected chi connectivity index (χ4v) is 3.10. The van der Waals surface area contributed by atoms with Gasteiger partial charge in [0.25, 0.3) is 0 Å². The molecule has 0 radical (unpaired) electrons. The second-order valence-corrected chi connectivity index (χ2v) is 7.55. The lowest BCUT2D eigenvalue weighted by Gasteiger charge is -2.33. The minimum atomic E-state index is 0.151. The molecular weight excluding hydrogens is 340 g/mol. The third-order valence-electron chi connectivity index (χ3n) is 4.51. The number of hydrogen-bond donors (Lipinski definition) is 1. The van der Waals surface area contributed by atoms with Crippen LogP contribution in [0.25, 0.3) is 0 Å². The molecule has 0 aliphatic rings. The molecule has 2 rings (SSSR count). The predicted molar refractivity (Wildman–Crippen MR) is 115 cm³/mol. The molecule has 0 spiro atoms. The maximum atomic E-state index is 5.75. The monoisotopic (exact) mass is 370 g/mol. The number of hydrogen-bond acceptors (Lipinski definition) is 3. The van der Waals surface area contributed by atoms with Gasteiger partial charge in [-0.25, -0.2) is 0 Å². The van der Waals surface area contributed by atoms with E-state index in [1.165, 1.54) is 5.56 Å². The number of thiocarbonyl (C=S) groups is 1. The van der Waals surface area contributed by atoms with E-state index in [9.17, 15) is 0 Å². The Kier molecular flexibility index (Phi) is 7.54. The van der Waals surface area contributed by atoms with Gasteiger partial charge in [0.05, 0.1) is 6.04 Å². The maximum absolute atomic E-state index is 5.75. The smallest absolute Gasteiger partial charge is 0.173 e. The molecule has 4 nitrogen and oxygen atoms in total. The highest BCUT2D eigenvalue weighted by Gasteiger charge is 2.19. The normalized spacial score (nSPS) is 12.3. The fourth-order valence-electron chi connectivity index (χ4n) is 2.73. The van der Waals surface area contributed by atoms with Crippen molar-refractivity contribution in [1.82, 2.24) is 14.8 Å². The summed E-state index contributed by atoms with van der Waals surface area (Å²) in [5.74, 6) is 0.526. The summed E-state index contributed by atoms with van der Waals surface area (Å²) < 4.78 is 0. The lowest BCUT2D eigenvalue weighted by atomic mass is 10.0. The lowest BCUT2D eigenvalue weighted by molar-refractivity contribution is 0.289. The summed E-state index contributed by atoms with van der Waals surface area (Å²) in [7, 11) is 4.15. The number of aromatic nitrogens is 1. The number of likely N-dealkylation sites (N-methyl/N-ethyl adjacent to an activating group) is 1. The number of nitrogens with zero attached hydrogens (tertiary/aromatic N) is 3. The van der Waals surface area contributed by atoms with E-state index in [1.54, 1.807) is 6.20 Å². The summed E-state index contributed by atoms with van der Waals surface area (Å²) >= 11 is 5.75. The van der Waals surface area contributed by atoms with Gasteiger partial charge in [-0.3, -0.25) is 4.98 Å². The van der Waals surface area contributed by atoms with Crippen molar-refractivity contribution in [2.45, 2.75) is 32.7 Å². The van der Waals surface area contributed by atoms with Crippen molar-refractivity contribution >= 4 is 23.0 Å². The van der Waals surface area contributed by atoms with Crippen LogP contribution in [0.2, 0.25) is 0 Å². The number of anilines is 1. The fraction of sp³-hybridized carbons (Fsp3) is 0.429. The molecule has 1 heterocycles. The molecule has 0 aliphatic heterocycles. The van der Waals surface area contributed by atoms with Crippen LogP contribution in [0.1, 0.15) is 43.9 Å². The highest BCUT2D eigenvalue weighted by Crippen LogP contribution is 2.22. The van der Waals surface area contributed by atoms with Crippen molar-refractivity contribution in [3.8, 4) is 0 Å². The molecule has 0 unspecified atom stereocenters. The zero-order chi connectivity index (χ0) is 19.1. The summed E-state index contributed by atoms with van der Waals surface area (Å²) in [4.78, 5) is 8.65. The van der Waals surface area contributed by atoms with E-state index >= 15 is 0 Å². The van der Waals surface area contributed by atoms with Gasteiger partial charge in [-0.05, 0) is 68.5 Å². The van der Waals surface area contributed by atoms with E-state index in [0.29, 0.717) is 5.92 Å². The maximum Gasteiger partial charge on any atom is 0.173 e. The minimum Gasteiger partial charge on any atom is -0.341 e. The SMILES string of the molecule is CC(C)c1ccc(NC(=S)N(CCN(C)C)[C@H](C)c2cccnc2)cc1. The molecule has 0 saturated heterocycles. The van der Waals surface area contributed by atoms with Crippen molar-refractivity contribution in [2.24, 2.45) is 0 Å². The van der Waals surface area contributed by atoms with Gasteiger partial charge in [-0.2, -0.15) is 0 Å². The largest absolute Gasteiger partial charge is 0.341 e. The topological polar surface area (TPSA) is 31.4 Å². The highest BCUT2D eigenvalue weighted by molar-refractivity contribution is 7.80. The van der Waals surface area contributed by atoms with Gasteiger partial charge in [0.2, 0.25) is 0 Å². The van der Waals surface area contributed by atoms with Gasteiger partial charge in [0.1, 0.15) is 0 Å². The van der Waals surface area contributed by atoms with Gasteiger partial charge >= 0.3 is 0 Å². The van der Waals surface area contributed by atoms with Crippen LogP contribution < -0.4 is 5.32 Å². The molecule has 5 heteroatoms. The Morgan fingerprint density at radius 2 is 1.73 bits per heavy atom. The standard InChI is InChI=1S/C21H30N4S/c1-16(2)18-8-10-20(11-9-18)23-21(26)25(14-13-24(4)5)17(3)19-7-6-12-22-15-19/h6-12,15-17H,13-14H2,1-5H3,(H,23,26)/t17-/m1/s1. The molecule has 1 N–H and O–H groups in total. The molecule has 0 amide bonds. The minimum absolute atomic E-state index is 0.151. The first kappa shape index (κ1) is 20.3. The van der Waals surface area contributed by atoms with Crippen LogP contribution >= 0.6 is 12.2 Å². The molecule has 26 heavy (non-hydrogen) atoms. The average Bonchev–Trinajstić information content (AvgIpc) is 2.62. The molecule has 140 valence electrons. The predicted octanol–water partition coefficient (Wildman–Crippen LogP) is 4.53. The molecule has 0 saturated carbocycles. The lowest BCUT2D eigenvalue weighted by Crippen LogP contribution is -2.40. The Bertz CT molecular complexity index is 683. The molecule has 1 aromatic carbocycles. The first-order valence-corrected chi connectivity index (χ1v) is 9.51. The quantitative estimate of drug-likeness (QED) is 0.724. The van der Waals surface area contributed by atoms with Gasteiger partial charge in [-0.1, -0.05) is 32.0 Å². The van der Waals surface area contributed by atoms with E-state index in [4.69, 9.17) is 12.2 Å². The number of benzene rings is 1. The molecular formula is C21H30N4S. The van der Waals surface area contributed by atoms with Crippen LogP contribution in [-0.2, 0) is 0 Å². The van der Waals surface area contributed by atoms with E-state index in [0.717, 1.165) is 29.5 Å². The van der Waals surface area contributed by atoms with E-state index in [1.807, 2.05) is 12.3 Å². The Morgan fingerprint density at radius 3 is 2.27 bits per heavy atom. The molecule has 2 aromatic rings. The van der Waals surface area contributed by atoms with Crippen molar-refractivity contribution < 1.29 is 0 Å². The molecule has 0 aliphatic carbocycles. The van der Waals surface area contributed by atoms with Crippen LogP contribution in [0.4, 0.5) is 5.69 Å². The molecule has 0 bridgehead atoms. The zero-order valence-corrected chi connectivity index (χ0v) is 17.3. The second-order valence-electron chi connectivity index (χ2n) is 7.17. The van der Waals surface area contributed by atoms with Gasteiger partial charge in [0.15, 0.2) is 5.11 Å². The van der Waals surface area contributed by atoms with Crippen LogP contribution in [0, 0.1) is 0 Å². The first-order chi connectivity index (χ1) is 12.4. The summed E-state index contributed by atoms with van der Waals surface area (Å²) in [6.45, 7) is 8.34. The van der Waals surface area contributed by atoms with Crippen LogP contribution in [0.5, 0.6) is 0 Å². The molecule has 1 aromatic heterocycles. The summed E-state index contributed by atoms with van der Waals surface area (Å²) in [6.07, 6.45) is 3.71. The Balaban J connectivity index is 2.14. The van der Waals surface area contributed by atoms with E-state index in [2.05, 4.69) is 85.3 Å². The van der Waals surface area contributed by atoms with Crippen LogP contribution in [-0.4, -0.2) is 47.1 Å². The van der Waals surface area contributed by atoms with E-state index in [-0.39, 0.29) is 6.04 Å². The van der Waals surface area contributed by atoms with Crippen molar-refractivity contribution in [2.75, 3.05) is 32.5 Å². The summed E-state index contributed by atoms with van der Waals surface area (Å²) in [5, 5.41) is 4.14. The van der Waals surface area contributed by atoms with Gasteiger partial charge in [0, 0.05) is 31.2 Å². The average molecular weight is 371 g/mol. The summed E-state index contributed by atoms with van der Waals surface area (Å²) in [5.41, 5.74) is 3.51. The second kappa shape index (κ2) is 9.64. The molecule has 1 atom stereocenters. The first-order valence-electron chi connectivity index (χ1n) is 9.10. The number of nitrogens with one attached hydrogen (secondary N) is 1. The third kappa shape index (κ3) is 5.78. The number of rotatable bonds is 7. The summed E-state index contributed by atoms with van der Waals surface area (Å²) in [6, 6.07) is 12.7. The van der Waals surface area contributed by atoms with E-state index < -0.39 is 0 Å². The third-order valence-corrected chi connectivity index (χ3v) is 4.85. The van der Waals surface area contributed by atoms with Crippen molar-refractivity contribution in [1.29, 1.82) is 0 Å². The van der Waals surface area contributed by atoms with Gasteiger partial charge in [-0.15, -0.1) is 0 Å². The van der Waals surface area contributed by atoms with Gasteiger partial charge < -0.3 is 15.1 Å². The Morgan fingerprint density at radius 1 is 1.04 bits per heavy atom. The number of pyridine rings is 1. The van der Waals surface area contributed by atoms with Crippen LogP contribution in [0.3, 0.4) is 0 Å². The van der Waals surface area contributed by atoms with Crippen molar-refractivity contribution in [3.05, 3.63) is 59.9 Å². The Labute approximate surface area is 163 Å². The molecule has 0 fully saturated rings.